The first kappa shape index (κ1) is 20.9. The summed E-state index contributed by atoms with van der Waals surface area (Å²) in [7, 11) is 0. The van der Waals surface area contributed by atoms with Gasteiger partial charge in [-0.15, -0.1) is 0 Å². The fraction of sp³-hybridized carbons (Fsp3) is 0.417. The predicted molar refractivity (Wildman–Crippen MR) is 118 cm³/mol. The maximum absolute atomic E-state index is 13.5. The smallest absolute Gasteiger partial charge is 0.250 e. The first-order valence-electron chi connectivity index (χ1n) is 10.7. The van der Waals surface area contributed by atoms with Gasteiger partial charge >= 0.3 is 0 Å². The van der Waals surface area contributed by atoms with E-state index in [2.05, 4.69) is 11.0 Å². The topological polar surface area (TPSA) is 43.9 Å². The van der Waals surface area contributed by atoms with Gasteiger partial charge in [-0.2, -0.15) is 0 Å². The van der Waals surface area contributed by atoms with Gasteiger partial charge in [-0.05, 0) is 36.1 Å². The Bertz CT molecular complexity index is 881. The van der Waals surface area contributed by atoms with Crippen molar-refractivity contribution in [3.63, 3.8) is 0 Å². The number of piperidine rings is 1. The van der Waals surface area contributed by atoms with E-state index in [1.54, 1.807) is 4.90 Å². The lowest BCUT2D eigenvalue weighted by Crippen LogP contribution is -2.53. The third-order valence-electron chi connectivity index (χ3n) is 6.00. The number of likely N-dealkylation sites (tertiary alicyclic amines) is 1. The van der Waals surface area contributed by atoms with Gasteiger partial charge < -0.3 is 9.80 Å². The minimum Gasteiger partial charge on any atom is -0.338 e. The molecule has 158 valence electrons. The van der Waals surface area contributed by atoms with E-state index in [4.69, 9.17) is 11.6 Å². The number of halogens is 1. The van der Waals surface area contributed by atoms with E-state index in [1.807, 2.05) is 53.4 Å². The molecule has 0 spiro atoms. The Hall–Kier alpha value is -2.37. The van der Waals surface area contributed by atoms with E-state index in [0.29, 0.717) is 26.1 Å². The molecule has 2 heterocycles. The molecule has 0 bridgehead atoms. The Morgan fingerprint density at radius 3 is 2.40 bits per heavy atom. The molecule has 2 aromatic rings. The van der Waals surface area contributed by atoms with Crippen LogP contribution in [0.25, 0.3) is 0 Å². The molecule has 2 aromatic carbocycles. The molecule has 0 aromatic heterocycles. The zero-order valence-electron chi connectivity index (χ0n) is 17.2. The van der Waals surface area contributed by atoms with Crippen LogP contribution in [-0.4, -0.2) is 59.2 Å². The van der Waals surface area contributed by atoms with Gasteiger partial charge in [0.15, 0.2) is 0 Å². The van der Waals surface area contributed by atoms with Gasteiger partial charge in [0.25, 0.3) is 0 Å². The Kier molecular flexibility index (Phi) is 6.70. The minimum absolute atomic E-state index is 0.0406. The second kappa shape index (κ2) is 9.63. The molecular formula is C24H28ClN3O2. The lowest BCUT2D eigenvalue weighted by Gasteiger charge is -2.40. The van der Waals surface area contributed by atoms with Crippen molar-refractivity contribution >= 4 is 23.4 Å². The highest BCUT2D eigenvalue weighted by Crippen LogP contribution is 2.28. The number of nitrogens with zero attached hydrogens (tertiary/aromatic N) is 3. The zero-order valence-corrected chi connectivity index (χ0v) is 17.9. The summed E-state index contributed by atoms with van der Waals surface area (Å²) in [5, 5.41) is 0.748. The number of rotatable bonds is 5. The number of carbonyl (C=O) groups is 2. The molecule has 30 heavy (non-hydrogen) atoms. The van der Waals surface area contributed by atoms with Gasteiger partial charge in [-0.1, -0.05) is 54.1 Å². The van der Waals surface area contributed by atoms with Gasteiger partial charge in [0.05, 0.1) is 0 Å². The number of benzene rings is 2. The molecule has 6 heteroatoms. The highest BCUT2D eigenvalue weighted by Gasteiger charge is 2.36. The maximum atomic E-state index is 13.5. The molecule has 5 nitrogen and oxygen atoms in total. The summed E-state index contributed by atoms with van der Waals surface area (Å²) < 4.78 is 0. The average molecular weight is 426 g/mol. The van der Waals surface area contributed by atoms with Crippen molar-refractivity contribution in [1.29, 1.82) is 0 Å². The molecule has 2 amide bonds. The lowest BCUT2D eigenvalue weighted by atomic mass is 9.99. The predicted octanol–water partition coefficient (Wildman–Crippen LogP) is 3.74. The van der Waals surface area contributed by atoms with Crippen LogP contribution >= 0.6 is 11.6 Å². The normalized spacial score (nSPS) is 19.0. The number of hydrogen-bond donors (Lipinski definition) is 0. The Balaban J connectivity index is 1.44. The second-order valence-electron chi connectivity index (χ2n) is 8.09. The SMILES string of the molecule is O=C(C(c1ccccc1)N1CCCCC1=O)N1CCN(Cc2cccc(Cl)c2)CC1. The van der Waals surface area contributed by atoms with Crippen molar-refractivity contribution in [1.82, 2.24) is 14.7 Å². The lowest BCUT2D eigenvalue weighted by molar-refractivity contribution is -0.148. The van der Waals surface area contributed by atoms with Crippen molar-refractivity contribution < 1.29 is 9.59 Å². The highest BCUT2D eigenvalue weighted by atomic mass is 35.5. The first-order chi connectivity index (χ1) is 14.6. The molecule has 0 N–H and O–H groups in total. The Morgan fingerprint density at radius 1 is 0.933 bits per heavy atom. The number of amides is 2. The van der Waals surface area contributed by atoms with Crippen LogP contribution in [0.15, 0.2) is 54.6 Å². The van der Waals surface area contributed by atoms with E-state index in [9.17, 15) is 9.59 Å². The van der Waals surface area contributed by atoms with Gasteiger partial charge in [-0.3, -0.25) is 14.5 Å². The van der Waals surface area contributed by atoms with Crippen LogP contribution < -0.4 is 0 Å². The van der Waals surface area contributed by atoms with Gasteiger partial charge in [0.1, 0.15) is 6.04 Å². The van der Waals surface area contributed by atoms with Gasteiger partial charge in [0, 0.05) is 50.7 Å². The van der Waals surface area contributed by atoms with Gasteiger partial charge in [0.2, 0.25) is 11.8 Å². The number of carbonyl (C=O) groups excluding carboxylic acids is 2. The summed E-state index contributed by atoms with van der Waals surface area (Å²) in [6, 6.07) is 17.1. The van der Waals surface area contributed by atoms with Crippen LogP contribution in [0, 0.1) is 0 Å². The monoisotopic (exact) mass is 425 g/mol. The molecule has 1 unspecified atom stereocenters. The van der Waals surface area contributed by atoms with Crippen molar-refractivity contribution in [2.24, 2.45) is 0 Å². The third-order valence-corrected chi connectivity index (χ3v) is 6.24. The summed E-state index contributed by atoms with van der Waals surface area (Å²) in [5.41, 5.74) is 2.09. The van der Waals surface area contributed by atoms with Crippen LogP contribution in [0.4, 0.5) is 0 Å². The zero-order chi connectivity index (χ0) is 20.9. The fourth-order valence-electron chi connectivity index (χ4n) is 4.38. The van der Waals surface area contributed by atoms with E-state index in [-0.39, 0.29) is 11.8 Å². The molecule has 0 radical (unpaired) electrons. The summed E-state index contributed by atoms with van der Waals surface area (Å²) in [5.74, 6) is 0.127. The van der Waals surface area contributed by atoms with E-state index in [0.717, 1.165) is 43.1 Å². The summed E-state index contributed by atoms with van der Waals surface area (Å²) in [4.78, 5) is 32.2. The van der Waals surface area contributed by atoms with Crippen LogP contribution in [0.3, 0.4) is 0 Å². The van der Waals surface area contributed by atoms with Crippen LogP contribution in [0.2, 0.25) is 5.02 Å². The summed E-state index contributed by atoms with van der Waals surface area (Å²) in [6.45, 7) is 4.45. The minimum atomic E-state index is -0.515. The fourth-order valence-corrected chi connectivity index (χ4v) is 4.60. The summed E-state index contributed by atoms with van der Waals surface area (Å²) >= 11 is 6.10. The van der Waals surface area contributed by atoms with Crippen LogP contribution in [0.5, 0.6) is 0 Å². The Labute approximate surface area is 183 Å². The molecule has 2 aliphatic rings. The molecule has 4 rings (SSSR count). The van der Waals surface area contributed by atoms with E-state index in [1.165, 1.54) is 5.56 Å². The first-order valence-corrected chi connectivity index (χ1v) is 11.1. The van der Waals surface area contributed by atoms with Crippen molar-refractivity contribution in [3.8, 4) is 0 Å². The average Bonchev–Trinajstić information content (AvgIpc) is 2.76. The van der Waals surface area contributed by atoms with Crippen LogP contribution in [-0.2, 0) is 16.1 Å². The van der Waals surface area contributed by atoms with Crippen LogP contribution in [0.1, 0.15) is 36.4 Å². The molecule has 2 fully saturated rings. The number of hydrogen-bond acceptors (Lipinski definition) is 3. The molecule has 1 atom stereocenters. The molecule has 0 aliphatic carbocycles. The third kappa shape index (κ3) is 4.85. The molecule has 2 saturated heterocycles. The molecular weight excluding hydrogens is 398 g/mol. The quantitative estimate of drug-likeness (QED) is 0.733. The van der Waals surface area contributed by atoms with Gasteiger partial charge in [-0.25, -0.2) is 0 Å². The van der Waals surface area contributed by atoms with Crippen molar-refractivity contribution in [3.05, 3.63) is 70.7 Å². The summed E-state index contributed by atoms with van der Waals surface area (Å²) in [6.07, 6.45) is 2.40. The second-order valence-corrected chi connectivity index (χ2v) is 8.53. The highest BCUT2D eigenvalue weighted by molar-refractivity contribution is 6.30. The molecule has 2 aliphatic heterocycles. The van der Waals surface area contributed by atoms with Crippen molar-refractivity contribution in [2.45, 2.75) is 31.8 Å². The molecule has 0 saturated carbocycles. The van der Waals surface area contributed by atoms with E-state index < -0.39 is 6.04 Å². The van der Waals surface area contributed by atoms with E-state index >= 15 is 0 Å². The standard InChI is InChI=1S/C24H28ClN3O2/c25-21-10-6-7-19(17-21)18-26-13-15-27(16-14-26)24(30)23(20-8-2-1-3-9-20)28-12-5-4-11-22(28)29/h1-3,6-10,17,23H,4-5,11-16,18H2. The van der Waals surface area contributed by atoms with Crippen molar-refractivity contribution in [2.75, 3.05) is 32.7 Å². The maximum Gasteiger partial charge on any atom is 0.250 e. The largest absolute Gasteiger partial charge is 0.338 e. The number of piperazine rings is 1. The Morgan fingerprint density at radius 2 is 1.70 bits per heavy atom.